The van der Waals surface area contributed by atoms with Gasteiger partial charge < -0.3 is 30.3 Å². The maximum absolute atomic E-state index is 13.7. The Morgan fingerprint density at radius 3 is 2.68 bits per heavy atom. The molecule has 0 saturated carbocycles. The average molecular weight is 552 g/mol. The van der Waals surface area contributed by atoms with E-state index in [2.05, 4.69) is 0 Å². The van der Waals surface area contributed by atoms with Crippen molar-refractivity contribution in [2.45, 2.75) is 56.1 Å². The van der Waals surface area contributed by atoms with Crippen LogP contribution in [0.4, 0.5) is 10.5 Å². The number of rotatable bonds is 13. The number of ether oxygens (including phenoxy) is 3. The highest BCUT2D eigenvalue weighted by molar-refractivity contribution is 7.89. The number of aliphatic hydroxyl groups is 1. The maximum Gasteiger partial charge on any atom is 0.407 e. The highest BCUT2D eigenvalue weighted by Crippen LogP contribution is 2.33. The maximum atomic E-state index is 13.7. The Hall–Kier alpha value is -2.70. The summed E-state index contributed by atoms with van der Waals surface area (Å²) in [7, 11) is -4.12. The number of fused-ring (bicyclic) bond motifs is 1. The molecule has 2 aliphatic rings. The first-order valence-electron chi connectivity index (χ1n) is 14.5. The lowest BCUT2D eigenvalue weighted by atomic mass is 10.0. The van der Waals surface area contributed by atoms with Crippen molar-refractivity contribution in [1.82, 2.24) is 9.62 Å². The van der Waals surface area contributed by atoms with Crippen LogP contribution in [0.15, 0.2) is 59.5 Å². The van der Waals surface area contributed by atoms with Gasteiger partial charge in [0.25, 0.3) is 0 Å². The molecule has 4 rings (SSSR count). The second-order valence-electron chi connectivity index (χ2n) is 10.1. The number of alkyl carbamates (subject to hydrolysis) is 1. The zero-order valence-electron chi connectivity index (χ0n) is 25.5. The molecular formula is C27H37N3O7S. The van der Waals surface area contributed by atoms with Crippen molar-refractivity contribution in [2.75, 3.05) is 32.0 Å². The third-order valence-electron chi connectivity index (χ3n) is 6.65. The molecule has 2 aliphatic heterocycles. The summed E-state index contributed by atoms with van der Waals surface area (Å²) in [6.45, 7) is 4.09. The highest BCUT2D eigenvalue weighted by atomic mass is 32.2. The second kappa shape index (κ2) is 12.4. The molecule has 0 aromatic heterocycles. The van der Waals surface area contributed by atoms with Gasteiger partial charge >= 0.3 is 6.09 Å². The Morgan fingerprint density at radius 2 is 2.00 bits per heavy atom. The first kappa shape index (κ1) is 23.2. The van der Waals surface area contributed by atoms with Crippen LogP contribution in [0, 0.1) is 11.8 Å². The van der Waals surface area contributed by atoms with Crippen molar-refractivity contribution in [3.63, 3.8) is 0 Å². The zero-order chi connectivity index (χ0) is 30.4. The van der Waals surface area contributed by atoms with Crippen LogP contribution >= 0.6 is 0 Å². The van der Waals surface area contributed by atoms with E-state index in [0.717, 1.165) is 5.56 Å². The Bertz CT molecular complexity index is 1270. The minimum absolute atomic E-state index is 0.0613. The number of carbonyl (C=O) groups excluding carboxylic acids is 1. The molecule has 0 radical (unpaired) electrons. The van der Waals surface area contributed by atoms with Gasteiger partial charge in [-0.2, -0.15) is 4.31 Å². The third-order valence-corrected chi connectivity index (χ3v) is 8.50. The molecule has 2 aromatic rings. The van der Waals surface area contributed by atoms with Gasteiger partial charge in [0.1, 0.15) is 6.10 Å². The van der Waals surface area contributed by atoms with Gasteiger partial charge in [-0.1, -0.05) is 44.2 Å². The number of hydrogen-bond acceptors (Lipinski definition) is 8. The number of hydrogen-bond donors (Lipinski definition) is 3. The van der Waals surface area contributed by atoms with Gasteiger partial charge in [0.2, 0.25) is 11.5 Å². The largest absolute Gasteiger partial charge is 0.443 e. The number of benzene rings is 2. The minimum atomic E-state index is -4.12. The number of nitrogen functional groups attached to an aromatic ring is 1. The van der Waals surface area contributed by atoms with Crippen LogP contribution in [0.25, 0.3) is 0 Å². The molecule has 2 fully saturated rings. The summed E-state index contributed by atoms with van der Waals surface area (Å²) in [5.41, 5.74) is 1.32. The lowest BCUT2D eigenvalue weighted by molar-refractivity contribution is -0.0907. The van der Waals surface area contributed by atoms with Gasteiger partial charge in [-0.05, 0) is 48.6 Å². The van der Waals surface area contributed by atoms with Gasteiger partial charge in [-0.3, -0.25) is 0 Å². The van der Waals surface area contributed by atoms with Crippen LogP contribution in [-0.4, -0.2) is 76.2 Å². The minimum Gasteiger partial charge on any atom is -0.443 e. The molecule has 1 amide bonds. The Labute approximate surface area is 230 Å². The lowest BCUT2D eigenvalue weighted by Crippen LogP contribution is -2.51. The number of sulfonamides is 1. The number of carbonyl (C=O) groups is 1. The first-order chi connectivity index (χ1) is 20.0. The average Bonchev–Trinajstić information content (AvgIpc) is 3.59. The highest BCUT2D eigenvalue weighted by Gasteiger charge is 2.44. The van der Waals surface area contributed by atoms with Crippen molar-refractivity contribution in [2.24, 2.45) is 11.8 Å². The van der Waals surface area contributed by atoms with Gasteiger partial charge in [-0.25, -0.2) is 13.2 Å². The van der Waals surface area contributed by atoms with Gasteiger partial charge in [0.15, 0.2) is 10.5 Å². The summed E-state index contributed by atoms with van der Waals surface area (Å²) >= 11 is 0. The van der Waals surface area contributed by atoms with Gasteiger partial charge in [-0.15, -0.1) is 0 Å². The SMILES string of the molecule is [2H]O[C@H](CN(CC(C)C)S(=O)(=O)c1ccc(N([2H])[2H])cc1)[C@H](Cc1ccccc1)N([2H])C(=O)O[C@H]1CO[C@H]2OCC[C@H]21. The van der Waals surface area contributed by atoms with E-state index >= 15 is 0 Å². The molecule has 0 bridgehead atoms. The summed E-state index contributed by atoms with van der Waals surface area (Å²) in [6, 6.07) is 13.3. The molecule has 38 heavy (non-hydrogen) atoms. The topological polar surface area (TPSA) is 140 Å². The van der Waals surface area contributed by atoms with E-state index in [1.807, 2.05) is 32.0 Å². The Morgan fingerprint density at radius 1 is 1.24 bits per heavy atom. The summed E-state index contributed by atoms with van der Waals surface area (Å²) in [5, 5.41) is 5.69. The molecule has 0 aliphatic carbocycles. The second-order valence-corrected chi connectivity index (χ2v) is 12.0. The molecule has 0 unspecified atom stereocenters. The van der Waals surface area contributed by atoms with E-state index in [1.54, 1.807) is 12.1 Å². The fourth-order valence-corrected chi connectivity index (χ4v) is 6.34. The number of nitrogens with two attached hydrogens (primary N) is 1. The first-order valence-corrected chi connectivity index (χ1v) is 14.2. The van der Waals surface area contributed by atoms with Crippen LogP contribution in [0.3, 0.4) is 0 Å². The van der Waals surface area contributed by atoms with Crippen molar-refractivity contribution in [1.29, 1.82) is 1.43 Å². The molecule has 208 valence electrons. The fraction of sp³-hybridized carbons (Fsp3) is 0.519. The summed E-state index contributed by atoms with van der Waals surface area (Å²) in [4.78, 5) is 13.2. The van der Waals surface area contributed by atoms with E-state index in [9.17, 15) is 13.2 Å². The Kier molecular flexibility index (Phi) is 7.60. The van der Waals surface area contributed by atoms with Crippen molar-refractivity contribution in [3.05, 3.63) is 60.2 Å². The van der Waals surface area contributed by atoms with Crippen molar-refractivity contribution < 1.29 is 36.8 Å². The van der Waals surface area contributed by atoms with Crippen molar-refractivity contribution >= 4 is 21.8 Å². The number of aliphatic hydroxyl groups excluding tert-OH is 1. The number of nitrogens with one attached hydrogen (secondary N) is 1. The monoisotopic (exact) mass is 551 g/mol. The van der Waals surface area contributed by atoms with Gasteiger partial charge in [0, 0.05) is 18.8 Å². The molecule has 2 saturated heterocycles. The number of anilines is 1. The molecule has 2 heterocycles. The van der Waals surface area contributed by atoms with Crippen molar-refractivity contribution in [3.8, 4) is 0 Å². The summed E-state index contributed by atoms with van der Waals surface area (Å²) in [6.07, 6.45) is -2.44. The summed E-state index contributed by atoms with van der Waals surface area (Å²) in [5.74, 6) is -0.232. The third kappa shape index (κ3) is 7.03. The number of amides is 1. The van der Waals surface area contributed by atoms with E-state index in [0.29, 0.717) is 24.1 Å². The van der Waals surface area contributed by atoms with Gasteiger partial charge in [0.05, 0.1) is 36.2 Å². The van der Waals surface area contributed by atoms with Crippen LogP contribution < -0.4 is 11.0 Å². The normalized spacial score (nSPS) is 24.2. The predicted molar refractivity (Wildman–Crippen MR) is 142 cm³/mol. The molecular weight excluding hydrogens is 510 g/mol. The molecule has 5 atom stereocenters. The predicted octanol–water partition coefficient (Wildman–Crippen LogP) is 2.38. The Balaban J connectivity index is 1.59. The quantitative estimate of drug-likeness (QED) is 0.322. The van der Waals surface area contributed by atoms with E-state index in [4.69, 9.17) is 25.0 Å². The molecule has 11 heteroatoms. The molecule has 4 N–H and O–H groups in total. The van der Waals surface area contributed by atoms with E-state index in [1.165, 1.54) is 28.6 Å². The summed E-state index contributed by atoms with van der Waals surface area (Å²) < 4.78 is 76.8. The standard InChI is InChI=1S/C27H37N3O7S/c1-18(2)15-30(38(33,34)21-10-8-20(28)9-11-21)16-24(31)23(14-19-6-4-3-5-7-19)29-27(32)37-25-17-36-26-22(25)12-13-35-26/h3-11,18,22-26,31H,12-17,28H2,1-2H3,(H,29,32)/t22-,23-,24+,25-,26+/m0/s1/i31D/hD3. The van der Waals surface area contributed by atoms with Crippen LogP contribution in [0.2, 0.25) is 4.24 Å². The number of nitrogens with zero attached hydrogens (tertiary/aromatic N) is 1. The van der Waals surface area contributed by atoms with E-state index < -0.39 is 40.7 Å². The fourth-order valence-electron chi connectivity index (χ4n) is 4.73. The zero-order valence-corrected chi connectivity index (χ0v) is 22.3. The molecule has 0 spiro atoms. The van der Waals surface area contributed by atoms with Crippen LogP contribution in [0.1, 0.15) is 25.8 Å². The molecule has 10 nitrogen and oxygen atoms in total. The lowest BCUT2D eigenvalue weighted by Gasteiger charge is -2.31. The smallest absolute Gasteiger partial charge is 0.407 e. The van der Waals surface area contributed by atoms with Crippen LogP contribution in [-0.2, 0) is 30.7 Å². The van der Waals surface area contributed by atoms with E-state index in [-0.39, 0.29) is 48.5 Å². The van der Waals surface area contributed by atoms with Crippen LogP contribution in [0.5, 0.6) is 0 Å². The molecule has 2 aromatic carbocycles.